The fourth-order valence-corrected chi connectivity index (χ4v) is 8.09. The first kappa shape index (κ1) is 20.5. The number of Topliss-reactive ketones (excluding diaryl/α,β-unsaturated/α-hetero) is 1. The van der Waals surface area contributed by atoms with E-state index in [1.54, 1.807) is 12.2 Å². The van der Waals surface area contributed by atoms with Gasteiger partial charge in [-0.05, 0) is 62.0 Å². The van der Waals surface area contributed by atoms with E-state index in [0.717, 1.165) is 12.0 Å². The van der Waals surface area contributed by atoms with Crippen LogP contribution in [0, 0.1) is 34.0 Å². The molecule has 0 aromatic heterocycles. The van der Waals surface area contributed by atoms with E-state index in [4.69, 9.17) is 0 Å². The second kappa shape index (κ2) is 6.10. The fourth-order valence-electron chi connectivity index (χ4n) is 7.50. The fraction of sp³-hybridized carbons (Fsp3) is 0.739. The highest BCUT2D eigenvalue weighted by Gasteiger charge is 2.74. The van der Waals surface area contributed by atoms with Crippen molar-refractivity contribution in [1.29, 1.82) is 0 Å². The topological polar surface area (TPSA) is 54.4 Å². The molecule has 0 bridgehead atoms. The van der Waals surface area contributed by atoms with Crippen LogP contribution in [-0.4, -0.2) is 33.8 Å². The van der Waals surface area contributed by atoms with Gasteiger partial charge < -0.3 is 5.11 Å². The van der Waals surface area contributed by atoms with Gasteiger partial charge in [-0.1, -0.05) is 48.4 Å². The van der Waals surface area contributed by atoms with E-state index in [1.165, 1.54) is 6.08 Å². The lowest BCUT2D eigenvalue weighted by Gasteiger charge is -2.63. The van der Waals surface area contributed by atoms with E-state index in [2.05, 4.69) is 29.8 Å². The van der Waals surface area contributed by atoms with Crippen LogP contribution in [0.2, 0.25) is 0 Å². The van der Waals surface area contributed by atoms with Crippen molar-refractivity contribution >= 4 is 27.5 Å². The van der Waals surface area contributed by atoms with Gasteiger partial charge in [0, 0.05) is 16.7 Å². The molecule has 0 spiro atoms. The van der Waals surface area contributed by atoms with Crippen LogP contribution in [0.1, 0.15) is 53.4 Å². The van der Waals surface area contributed by atoms with Crippen molar-refractivity contribution in [3.63, 3.8) is 0 Å². The molecule has 4 aliphatic rings. The molecule has 4 aliphatic carbocycles. The third-order valence-electron chi connectivity index (χ3n) is 9.51. The van der Waals surface area contributed by atoms with Crippen LogP contribution >= 0.6 is 15.9 Å². The summed E-state index contributed by atoms with van der Waals surface area (Å²) < 4.78 is 17.0. The third kappa shape index (κ3) is 2.13. The summed E-state index contributed by atoms with van der Waals surface area (Å²) in [4.78, 5) is 24.9. The van der Waals surface area contributed by atoms with Gasteiger partial charge in [-0.3, -0.25) is 9.59 Å². The predicted octanol–water partition coefficient (Wildman–Crippen LogP) is 4.57. The minimum Gasteiger partial charge on any atom is -0.390 e. The van der Waals surface area contributed by atoms with Crippen LogP contribution in [0.25, 0.3) is 0 Å². The van der Waals surface area contributed by atoms with Crippen molar-refractivity contribution in [2.75, 3.05) is 5.33 Å². The molecular weight excluding hydrogens is 423 g/mol. The normalized spacial score (nSPS) is 52.5. The summed E-state index contributed by atoms with van der Waals surface area (Å²) in [6.45, 7) is 8.05. The van der Waals surface area contributed by atoms with Crippen molar-refractivity contribution in [2.45, 2.75) is 65.2 Å². The first-order valence-electron chi connectivity index (χ1n) is 10.4. The van der Waals surface area contributed by atoms with Gasteiger partial charge in [0.2, 0.25) is 0 Å². The van der Waals surface area contributed by atoms with Crippen LogP contribution in [0.15, 0.2) is 23.8 Å². The molecule has 0 saturated heterocycles. The smallest absolute Gasteiger partial charge is 0.178 e. The summed E-state index contributed by atoms with van der Waals surface area (Å²) in [7, 11) is 0. The zero-order valence-corrected chi connectivity index (χ0v) is 18.7. The van der Waals surface area contributed by atoms with Gasteiger partial charge >= 0.3 is 0 Å². The Morgan fingerprint density at radius 2 is 2.00 bits per heavy atom. The van der Waals surface area contributed by atoms with E-state index in [1.807, 2.05) is 13.8 Å². The van der Waals surface area contributed by atoms with Crippen molar-refractivity contribution in [1.82, 2.24) is 0 Å². The molecular formula is C23H30BrFO3. The maximum absolute atomic E-state index is 17.0. The van der Waals surface area contributed by atoms with E-state index in [9.17, 15) is 14.7 Å². The summed E-state index contributed by atoms with van der Waals surface area (Å²) in [5.41, 5.74) is -3.01. The van der Waals surface area contributed by atoms with E-state index < -0.39 is 28.0 Å². The lowest BCUT2D eigenvalue weighted by molar-refractivity contribution is -0.204. The van der Waals surface area contributed by atoms with Crippen molar-refractivity contribution < 1.29 is 19.1 Å². The summed E-state index contributed by atoms with van der Waals surface area (Å²) in [6, 6.07) is 0. The van der Waals surface area contributed by atoms with Gasteiger partial charge in [0.15, 0.2) is 11.5 Å². The number of alkyl halides is 2. The minimum absolute atomic E-state index is 0.0355. The molecule has 154 valence electrons. The molecule has 0 heterocycles. The van der Waals surface area contributed by atoms with Crippen molar-refractivity contribution in [3.8, 4) is 0 Å². The Morgan fingerprint density at radius 3 is 2.64 bits per heavy atom. The molecule has 0 aromatic carbocycles. The highest BCUT2D eigenvalue weighted by Crippen LogP contribution is 2.73. The maximum atomic E-state index is 17.0. The lowest BCUT2D eigenvalue weighted by atomic mass is 9.43. The molecule has 3 fully saturated rings. The van der Waals surface area contributed by atoms with E-state index >= 15 is 4.39 Å². The Kier molecular flexibility index (Phi) is 4.46. The van der Waals surface area contributed by atoms with Gasteiger partial charge in [0.1, 0.15) is 5.78 Å². The first-order chi connectivity index (χ1) is 13.0. The molecule has 3 nitrogen and oxygen atoms in total. The van der Waals surface area contributed by atoms with E-state index in [0.29, 0.717) is 12.8 Å². The average molecular weight is 453 g/mol. The lowest BCUT2D eigenvalue weighted by Crippen LogP contribution is -2.67. The number of hydrogen-bond acceptors (Lipinski definition) is 3. The first-order valence-corrected chi connectivity index (χ1v) is 11.5. The Bertz CT molecular complexity index is 806. The van der Waals surface area contributed by atoms with Crippen LogP contribution in [0.3, 0.4) is 0 Å². The molecule has 4 rings (SSSR count). The summed E-state index contributed by atoms with van der Waals surface area (Å²) in [5, 5.41) is 11.6. The quantitative estimate of drug-likeness (QED) is 0.624. The zero-order valence-electron chi connectivity index (χ0n) is 17.1. The molecule has 0 aliphatic heterocycles. The SMILES string of the molecule is CC1C[C@H]2[C@@H]3CCC4=CC(=O)C=C[C@]4(C)[C@@]3(F)C(O)C[C@]2(C)[C@@]1(C)C(=O)CBr. The molecule has 1 N–H and O–H groups in total. The van der Waals surface area contributed by atoms with Crippen LogP contribution in [0.5, 0.6) is 0 Å². The number of aliphatic hydroxyl groups excluding tert-OH is 1. The molecule has 28 heavy (non-hydrogen) atoms. The van der Waals surface area contributed by atoms with Gasteiger partial charge in [0.25, 0.3) is 0 Å². The number of hydrogen-bond donors (Lipinski definition) is 1. The van der Waals surface area contributed by atoms with Crippen LogP contribution in [-0.2, 0) is 9.59 Å². The largest absolute Gasteiger partial charge is 0.390 e. The Morgan fingerprint density at radius 1 is 1.32 bits per heavy atom. The second-order valence-corrected chi connectivity index (χ2v) is 10.7. The maximum Gasteiger partial charge on any atom is 0.178 e. The average Bonchev–Trinajstić information content (AvgIpc) is 2.84. The van der Waals surface area contributed by atoms with Gasteiger partial charge in [-0.2, -0.15) is 0 Å². The summed E-state index contributed by atoms with van der Waals surface area (Å²) in [6.07, 6.45) is 5.88. The Labute approximate surface area is 175 Å². The number of rotatable bonds is 2. The van der Waals surface area contributed by atoms with Crippen molar-refractivity contribution in [3.05, 3.63) is 23.8 Å². The number of carbonyl (C=O) groups excluding carboxylic acids is 2. The highest BCUT2D eigenvalue weighted by atomic mass is 79.9. The number of aliphatic hydroxyl groups is 1. The number of carbonyl (C=O) groups is 2. The van der Waals surface area contributed by atoms with Gasteiger partial charge in [0.05, 0.1) is 11.4 Å². The molecule has 2 unspecified atom stereocenters. The highest BCUT2D eigenvalue weighted by molar-refractivity contribution is 9.09. The molecule has 8 atom stereocenters. The molecule has 0 aromatic rings. The van der Waals surface area contributed by atoms with Crippen molar-refractivity contribution in [2.24, 2.45) is 34.0 Å². The van der Waals surface area contributed by atoms with Gasteiger partial charge in [-0.25, -0.2) is 4.39 Å². The molecule has 3 saturated carbocycles. The molecule has 0 radical (unpaired) electrons. The number of allylic oxidation sites excluding steroid dienone is 4. The molecule has 0 amide bonds. The number of halogens is 2. The Balaban J connectivity index is 1.84. The standard InChI is InChI=1S/C23H30BrFO3/c1-13-9-17-16-6-5-14-10-15(26)7-8-20(14,2)23(16,25)18(27)11-21(17,3)22(13,4)19(28)12-24/h7-8,10,13,16-18,27H,5-6,9,11-12H2,1-4H3/t13?,16-,17-,18?,20-,21-,22+,23-/m0/s1. The van der Waals surface area contributed by atoms with Gasteiger partial charge in [-0.15, -0.1) is 0 Å². The Hall–Kier alpha value is -0.810. The summed E-state index contributed by atoms with van der Waals surface area (Å²) >= 11 is 3.35. The third-order valence-corrected chi connectivity index (χ3v) is 10.0. The predicted molar refractivity (Wildman–Crippen MR) is 110 cm³/mol. The monoisotopic (exact) mass is 452 g/mol. The van der Waals surface area contributed by atoms with E-state index in [-0.39, 0.29) is 41.1 Å². The number of fused-ring (bicyclic) bond motifs is 5. The molecule has 5 heteroatoms. The number of ketones is 2. The van der Waals surface area contributed by atoms with Crippen LogP contribution in [0.4, 0.5) is 4.39 Å². The second-order valence-electron chi connectivity index (χ2n) is 10.2. The summed E-state index contributed by atoms with van der Waals surface area (Å²) in [5.74, 6) is -0.110. The zero-order chi connectivity index (χ0) is 20.7. The minimum atomic E-state index is -1.82. The van der Waals surface area contributed by atoms with Crippen LogP contribution < -0.4 is 0 Å².